The number of aliphatic hydroxyl groups is 1. The minimum absolute atomic E-state index is 0.334. The topological polar surface area (TPSA) is 29.5 Å². The van der Waals surface area contributed by atoms with Crippen LogP contribution in [0.5, 0.6) is 0 Å². The molecule has 0 aromatic carbocycles. The van der Waals surface area contributed by atoms with Crippen LogP contribution in [-0.4, -0.2) is 17.8 Å². The molecule has 1 aliphatic rings. The Hall–Kier alpha value is 0.100. The molecule has 0 saturated carbocycles. The van der Waals surface area contributed by atoms with Gasteiger partial charge in [-0.1, -0.05) is 0 Å². The molecule has 0 radical (unpaired) electrons. The van der Waals surface area contributed by atoms with Gasteiger partial charge in [0.15, 0.2) is 0 Å². The fraction of sp³-hybridized carbons (Fsp3) is 0.667. The van der Waals surface area contributed by atoms with E-state index in [2.05, 4.69) is 28.9 Å². The van der Waals surface area contributed by atoms with E-state index in [0.29, 0.717) is 6.10 Å². The van der Waals surface area contributed by atoms with Crippen molar-refractivity contribution >= 4 is 27.3 Å². The van der Waals surface area contributed by atoms with Crippen molar-refractivity contribution in [1.82, 2.24) is 0 Å². The van der Waals surface area contributed by atoms with Crippen LogP contribution in [0.1, 0.15) is 42.2 Å². The maximum Gasteiger partial charge on any atom is 0.0883 e. The average molecular weight is 305 g/mol. The molecule has 1 aromatic rings. The number of halogens is 1. The van der Waals surface area contributed by atoms with E-state index in [-0.39, 0.29) is 6.10 Å². The fourth-order valence-corrected chi connectivity index (χ4v) is 3.60. The SMILES string of the molecule is Cc1cc(C(O)CCC2CCCO2)sc1Br. The van der Waals surface area contributed by atoms with Crippen molar-refractivity contribution in [2.45, 2.75) is 44.8 Å². The predicted octanol–water partition coefficient (Wildman–Crippen LogP) is 3.81. The number of hydrogen-bond acceptors (Lipinski definition) is 3. The molecule has 0 amide bonds. The highest BCUT2D eigenvalue weighted by Gasteiger charge is 2.18. The molecule has 16 heavy (non-hydrogen) atoms. The third-order valence-corrected chi connectivity index (χ3v) is 5.23. The number of aryl methyl sites for hydroxylation is 1. The summed E-state index contributed by atoms with van der Waals surface area (Å²) in [6.45, 7) is 2.95. The molecule has 2 unspecified atom stereocenters. The van der Waals surface area contributed by atoms with Gasteiger partial charge in [-0.3, -0.25) is 0 Å². The van der Waals surface area contributed by atoms with Gasteiger partial charge in [-0.25, -0.2) is 0 Å². The highest BCUT2D eigenvalue weighted by molar-refractivity contribution is 9.11. The van der Waals surface area contributed by atoms with Crippen LogP contribution in [0, 0.1) is 6.92 Å². The summed E-state index contributed by atoms with van der Waals surface area (Å²) >= 11 is 5.12. The van der Waals surface area contributed by atoms with E-state index >= 15 is 0 Å². The first-order chi connectivity index (χ1) is 7.66. The van der Waals surface area contributed by atoms with E-state index in [0.717, 1.165) is 34.5 Å². The first kappa shape index (κ1) is 12.6. The lowest BCUT2D eigenvalue weighted by Crippen LogP contribution is -2.07. The Morgan fingerprint density at radius 2 is 2.50 bits per heavy atom. The summed E-state index contributed by atoms with van der Waals surface area (Å²) in [4.78, 5) is 1.06. The van der Waals surface area contributed by atoms with Crippen LogP contribution in [0.15, 0.2) is 9.85 Å². The summed E-state index contributed by atoms with van der Waals surface area (Å²) in [5, 5.41) is 10.1. The van der Waals surface area contributed by atoms with Crippen molar-refractivity contribution in [2.75, 3.05) is 6.61 Å². The van der Waals surface area contributed by atoms with Crippen LogP contribution in [0.4, 0.5) is 0 Å². The zero-order valence-corrected chi connectivity index (χ0v) is 11.8. The molecular weight excluding hydrogens is 288 g/mol. The first-order valence-corrected chi connectivity index (χ1v) is 7.33. The molecule has 1 fully saturated rings. The van der Waals surface area contributed by atoms with Crippen LogP contribution in [-0.2, 0) is 4.74 Å². The van der Waals surface area contributed by atoms with Crippen molar-refractivity contribution < 1.29 is 9.84 Å². The van der Waals surface area contributed by atoms with Crippen LogP contribution in [0.25, 0.3) is 0 Å². The summed E-state index contributed by atoms with van der Waals surface area (Å²) in [6.07, 6.45) is 4.13. The van der Waals surface area contributed by atoms with Gasteiger partial charge >= 0.3 is 0 Å². The maximum atomic E-state index is 10.1. The molecule has 0 bridgehead atoms. The molecule has 2 rings (SSSR count). The van der Waals surface area contributed by atoms with E-state index in [4.69, 9.17) is 4.74 Å². The summed E-state index contributed by atoms with van der Waals surface area (Å²) in [5.74, 6) is 0. The fourth-order valence-electron chi connectivity index (χ4n) is 2.01. The Kier molecular flexibility index (Phi) is 4.41. The van der Waals surface area contributed by atoms with Crippen LogP contribution in [0.2, 0.25) is 0 Å². The average Bonchev–Trinajstić information content (AvgIpc) is 2.86. The lowest BCUT2D eigenvalue weighted by Gasteiger charge is -2.12. The molecule has 1 N–H and O–H groups in total. The second kappa shape index (κ2) is 5.63. The van der Waals surface area contributed by atoms with Gasteiger partial charge in [0.05, 0.1) is 16.0 Å². The Morgan fingerprint density at radius 1 is 1.69 bits per heavy atom. The van der Waals surface area contributed by atoms with Gasteiger partial charge < -0.3 is 9.84 Å². The van der Waals surface area contributed by atoms with E-state index in [9.17, 15) is 5.11 Å². The second-order valence-electron chi connectivity index (χ2n) is 4.33. The van der Waals surface area contributed by atoms with Crippen LogP contribution in [0.3, 0.4) is 0 Å². The van der Waals surface area contributed by atoms with Gasteiger partial charge in [0, 0.05) is 11.5 Å². The van der Waals surface area contributed by atoms with Gasteiger partial charge in [-0.15, -0.1) is 11.3 Å². The Labute approximate surface area is 109 Å². The van der Waals surface area contributed by atoms with Crippen molar-refractivity contribution in [3.05, 3.63) is 20.3 Å². The summed E-state index contributed by atoms with van der Waals surface area (Å²) in [6, 6.07) is 2.06. The van der Waals surface area contributed by atoms with Crippen LogP contribution >= 0.6 is 27.3 Å². The quantitative estimate of drug-likeness (QED) is 0.916. The zero-order chi connectivity index (χ0) is 11.5. The normalized spacial score (nSPS) is 22.6. The van der Waals surface area contributed by atoms with E-state index in [1.807, 2.05) is 0 Å². The second-order valence-corrected chi connectivity index (χ2v) is 6.74. The molecule has 90 valence electrons. The highest BCUT2D eigenvalue weighted by atomic mass is 79.9. The number of ether oxygens (including phenoxy) is 1. The number of hydrogen-bond donors (Lipinski definition) is 1. The number of rotatable bonds is 4. The lowest BCUT2D eigenvalue weighted by molar-refractivity contribution is 0.0820. The van der Waals surface area contributed by atoms with E-state index < -0.39 is 0 Å². The summed E-state index contributed by atoms with van der Waals surface area (Å²) in [7, 11) is 0. The van der Waals surface area contributed by atoms with Crippen molar-refractivity contribution in [1.29, 1.82) is 0 Å². The van der Waals surface area contributed by atoms with Gasteiger partial charge in [0.25, 0.3) is 0 Å². The molecular formula is C12H17BrO2S. The maximum absolute atomic E-state index is 10.1. The molecule has 2 atom stereocenters. The summed E-state index contributed by atoms with van der Waals surface area (Å²) in [5.41, 5.74) is 1.20. The molecule has 0 aliphatic carbocycles. The number of aliphatic hydroxyl groups excluding tert-OH is 1. The van der Waals surface area contributed by atoms with Crippen molar-refractivity contribution in [3.63, 3.8) is 0 Å². The van der Waals surface area contributed by atoms with Crippen molar-refractivity contribution in [2.24, 2.45) is 0 Å². The van der Waals surface area contributed by atoms with Gasteiger partial charge in [0.1, 0.15) is 0 Å². The highest BCUT2D eigenvalue weighted by Crippen LogP contribution is 2.33. The van der Waals surface area contributed by atoms with Gasteiger partial charge in [0.2, 0.25) is 0 Å². The zero-order valence-electron chi connectivity index (χ0n) is 9.41. The largest absolute Gasteiger partial charge is 0.388 e. The monoisotopic (exact) mass is 304 g/mol. The molecule has 2 nitrogen and oxygen atoms in total. The van der Waals surface area contributed by atoms with E-state index in [1.54, 1.807) is 11.3 Å². The third kappa shape index (κ3) is 3.06. The lowest BCUT2D eigenvalue weighted by atomic mass is 10.1. The van der Waals surface area contributed by atoms with Crippen LogP contribution < -0.4 is 0 Å². The van der Waals surface area contributed by atoms with Gasteiger partial charge in [-0.2, -0.15) is 0 Å². The third-order valence-electron chi connectivity index (χ3n) is 2.99. The van der Waals surface area contributed by atoms with Crippen molar-refractivity contribution in [3.8, 4) is 0 Å². The molecule has 4 heteroatoms. The minimum Gasteiger partial charge on any atom is -0.388 e. The van der Waals surface area contributed by atoms with Gasteiger partial charge in [-0.05, 0) is 60.2 Å². The molecule has 1 aliphatic heterocycles. The predicted molar refractivity (Wildman–Crippen MR) is 69.9 cm³/mol. The molecule has 0 spiro atoms. The minimum atomic E-state index is -0.334. The standard InChI is InChI=1S/C12H17BrO2S/c1-8-7-11(16-12(8)13)10(14)5-4-9-3-2-6-15-9/h7,9-10,14H,2-6H2,1H3. The molecule has 1 aromatic heterocycles. The molecule has 2 heterocycles. The van der Waals surface area contributed by atoms with E-state index in [1.165, 1.54) is 12.0 Å². The number of thiophene rings is 1. The Balaban J connectivity index is 1.84. The smallest absolute Gasteiger partial charge is 0.0883 e. The summed E-state index contributed by atoms with van der Waals surface area (Å²) < 4.78 is 6.67. The Morgan fingerprint density at radius 3 is 3.06 bits per heavy atom. The first-order valence-electron chi connectivity index (χ1n) is 5.72. The molecule has 1 saturated heterocycles. The Bertz CT molecular complexity index is 325.